The second-order valence-corrected chi connectivity index (χ2v) is 9.64. The molecule has 2 aromatic heterocycles. The number of rotatable bonds is 7. The number of piperidine rings is 2. The number of ether oxygens (including phenoxy) is 2. The molecule has 1 aromatic carbocycles. The van der Waals surface area contributed by atoms with Crippen molar-refractivity contribution in [3.05, 3.63) is 48.4 Å². The Hall–Kier alpha value is -4.37. The summed E-state index contributed by atoms with van der Waals surface area (Å²) in [5.74, 6) is 0.991. The zero-order valence-corrected chi connectivity index (χ0v) is 21.6. The van der Waals surface area contributed by atoms with E-state index in [0.29, 0.717) is 41.4 Å². The SMILES string of the molecule is COCOc1cc(-c2cnc(C#N)cn2)ccc1-c1ccc(N(C)[C@@H]2C[C@H]3CCC[C@@H]([C@@H]2F)N3C(=O)O)nn1. The van der Waals surface area contributed by atoms with Crippen LogP contribution in [0.15, 0.2) is 42.7 Å². The van der Waals surface area contributed by atoms with E-state index in [1.165, 1.54) is 24.4 Å². The third kappa shape index (κ3) is 5.18. The summed E-state index contributed by atoms with van der Waals surface area (Å²) in [5, 5.41) is 27.3. The van der Waals surface area contributed by atoms with Gasteiger partial charge in [-0.3, -0.25) is 9.88 Å². The van der Waals surface area contributed by atoms with E-state index in [4.69, 9.17) is 14.7 Å². The molecule has 12 heteroatoms. The molecule has 39 heavy (non-hydrogen) atoms. The van der Waals surface area contributed by atoms with Crippen LogP contribution in [0.3, 0.4) is 0 Å². The summed E-state index contributed by atoms with van der Waals surface area (Å²) >= 11 is 0. The van der Waals surface area contributed by atoms with E-state index in [1.807, 2.05) is 18.2 Å². The topological polar surface area (TPSA) is 138 Å². The smallest absolute Gasteiger partial charge is 0.407 e. The summed E-state index contributed by atoms with van der Waals surface area (Å²) in [6.45, 7) is 0.0129. The van der Waals surface area contributed by atoms with Gasteiger partial charge in [-0.05, 0) is 49.9 Å². The van der Waals surface area contributed by atoms with Crippen molar-refractivity contribution in [3.8, 4) is 34.3 Å². The third-order valence-electron chi connectivity index (χ3n) is 7.42. The average molecular weight is 534 g/mol. The predicted molar refractivity (Wildman–Crippen MR) is 139 cm³/mol. The van der Waals surface area contributed by atoms with E-state index in [1.54, 1.807) is 30.1 Å². The Balaban J connectivity index is 1.38. The molecular weight excluding hydrogens is 505 g/mol. The van der Waals surface area contributed by atoms with Crippen LogP contribution in [0.4, 0.5) is 15.0 Å². The van der Waals surface area contributed by atoms with Gasteiger partial charge in [0.2, 0.25) is 0 Å². The zero-order chi connectivity index (χ0) is 27.5. The fraction of sp³-hybridized carbons (Fsp3) is 0.407. The highest BCUT2D eigenvalue weighted by Gasteiger charge is 2.49. The molecule has 0 saturated carbocycles. The first-order chi connectivity index (χ1) is 18.9. The number of carbonyl (C=O) groups is 1. The molecule has 2 aliphatic heterocycles. The Bertz CT molecular complexity index is 1370. The number of fused-ring (bicyclic) bond motifs is 2. The Morgan fingerprint density at radius 1 is 1.21 bits per heavy atom. The van der Waals surface area contributed by atoms with Gasteiger partial charge in [0.15, 0.2) is 18.3 Å². The van der Waals surface area contributed by atoms with E-state index >= 15 is 4.39 Å². The van der Waals surface area contributed by atoms with Gasteiger partial charge >= 0.3 is 6.09 Å². The van der Waals surface area contributed by atoms with Crippen LogP contribution in [0.5, 0.6) is 5.75 Å². The fourth-order valence-corrected chi connectivity index (χ4v) is 5.49. The molecule has 4 heterocycles. The van der Waals surface area contributed by atoms with Crippen molar-refractivity contribution in [2.75, 3.05) is 25.9 Å². The van der Waals surface area contributed by atoms with Crippen molar-refractivity contribution in [3.63, 3.8) is 0 Å². The maximum atomic E-state index is 15.6. The highest BCUT2D eigenvalue weighted by atomic mass is 19.1. The number of aromatic nitrogens is 4. The summed E-state index contributed by atoms with van der Waals surface area (Å²) in [7, 11) is 3.29. The number of nitrogens with zero attached hydrogens (tertiary/aromatic N) is 7. The van der Waals surface area contributed by atoms with Crippen LogP contribution in [-0.2, 0) is 4.74 Å². The van der Waals surface area contributed by atoms with Gasteiger partial charge in [-0.2, -0.15) is 5.26 Å². The first-order valence-electron chi connectivity index (χ1n) is 12.6. The maximum absolute atomic E-state index is 15.6. The molecule has 1 amide bonds. The average Bonchev–Trinajstić information content (AvgIpc) is 2.97. The summed E-state index contributed by atoms with van der Waals surface area (Å²) in [6.07, 6.45) is 3.03. The molecule has 2 bridgehead atoms. The number of methoxy groups -OCH3 is 1. The zero-order valence-electron chi connectivity index (χ0n) is 21.6. The van der Waals surface area contributed by atoms with Crippen molar-refractivity contribution in [1.82, 2.24) is 25.1 Å². The minimum Gasteiger partial charge on any atom is -0.467 e. The fourth-order valence-electron chi connectivity index (χ4n) is 5.49. The summed E-state index contributed by atoms with van der Waals surface area (Å²) in [6, 6.07) is 9.62. The molecule has 202 valence electrons. The molecule has 3 aromatic rings. The van der Waals surface area contributed by atoms with E-state index in [9.17, 15) is 9.90 Å². The van der Waals surface area contributed by atoms with Crippen LogP contribution in [0, 0.1) is 11.3 Å². The number of benzene rings is 1. The lowest BCUT2D eigenvalue weighted by Gasteiger charge is -2.51. The molecule has 2 aliphatic rings. The molecule has 11 nitrogen and oxygen atoms in total. The molecular formula is C27H28FN7O4. The number of amides is 1. The van der Waals surface area contributed by atoms with Gasteiger partial charge in [-0.15, -0.1) is 10.2 Å². The Kier molecular flexibility index (Phi) is 7.51. The van der Waals surface area contributed by atoms with Crippen molar-refractivity contribution in [2.24, 2.45) is 0 Å². The molecule has 2 fully saturated rings. The monoisotopic (exact) mass is 533 g/mol. The molecule has 2 saturated heterocycles. The van der Waals surface area contributed by atoms with Gasteiger partial charge in [0.1, 0.15) is 18.0 Å². The molecule has 0 unspecified atom stereocenters. The Morgan fingerprint density at radius 3 is 2.72 bits per heavy atom. The van der Waals surface area contributed by atoms with Gasteiger partial charge in [0.25, 0.3) is 0 Å². The number of alkyl halides is 1. The van der Waals surface area contributed by atoms with E-state index < -0.39 is 24.3 Å². The molecule has 0 aliphatic carbocycles. The molecule has 0 radical (unpaired) electrons. The van der Waals surface area contributed by atoms with Crippen LogP contribution >= 0.6 is 0 Å². The van der Waals surface area contributed by atoms with E-state index in [-0.39, 0.29) is 18.5 Å². The first kappa shape index (κ1) is 26.2. The number of carboxylic acid groups (broad SMARTS) is 1. The first-order valence-corrected chi connectivity index (χ1v) is 12.6. The Labute approximate surface area is 224 Å². The van der Waals surface area contributed by atoms with E-state index in [0.717, 1.165) is 18.4 Å². The quantitative estimate of drug-likeness (QED) is 0.445. The van der Waals surface area contributed by atoms with Crippen LogP contribution in [0.25, 0.3) is 22.5 Å². The third-order valence-corrected chi connectivity index (χ3v) is 7.42. The normalized spacial score (nSPS) is 22.2. The number of nitriles is 1. The minimum absolute atomic E-state index is 0.0129. The van der Waals surface area contributed by atoms with Gasteiger partial charge in [0, 0.05) is 31.3 Å². The van der Waals surface area contributed by atoms with Crippen molar-refractivity contribution < 1.29 is 23.8 Å². The largest absolute Gasteiger partial charge is 0.467 e. The van der Waals surface area contributed by atoms with Crippen molar-refractivity contribution >= 4 is 11.9 Å². The number of hydrogen-bond acceptors (Lipinski definition) is 9. The summed E-state index contributed by atoms with van der Waals surface area (Å²) in [4.78, 5) is 23.2. The van der Waals surface area contributed by atoms with Crippen LogP contribution in [0.2, 0.25) is 0 Å². The lowest BCUT2D eigenvalue weighted by molar-refractivity contribution is -0.0127. The van der Waals surface area contributed by atoms with Crippen LogP contribution in [0.1, 0.15) is 31.4 Å². The molecule has 4 atom stereocenters. The van der Waals surface area contributed by atoms with Crippen LogP contribution in [-0.4, -0.2) is 81.5 Å². The highest BCUT2D eigenvalue weighted by molar-refractivity contribution is 5.73. The number of halogens is 1. The molecule has 1 N–H and O–H groups in total. The standard InChI is InChI=1S/C27H28FN7O4/c1-34(23-11-18-4-3-5-22(26(23)28)35(18)27(36)37)25-9-8-20(32-33-25)19-7-6-16(10-24(19)39-15-38-2)21-14-30-17(12-29)13-31-21/h6-10,13-14,18,22-23,26H,3-5,11,15H2,1-2H3,(H,36,37)/t18-,22+,23-,26+/m1/s1. The van der Waals surface area contributed by atoms with E-state index in [2.05, 4.69) is 20.2 Å². The van der Waals surface area contributed by atoms with Gasteiger partial charge in [-0.1, -0.05) is 6.07 Å². The highest BCUT2D eigenvalue weighted by Crippen LogP contribution is 2.39. The van der Waals surface area contributed by atoms with Gasteiger partial charge in [-0.25, -0.2) is 14.2 Å². The molecule has 5 rings (SSSR count). The second-order valence-electron chi connectivity index (χ2n) is 9.64. The van der Waals surface area contributed by atoms with Gasteiger partial charge in [0.05, 0.1) is 35.9 Å². The lowest BCUT2D eigenvalue weighted by Crippen LogP contribution is -2.64. The van der Waals surface area contributed by atoms with Crippen LogP contribution < -0.4 is 9.64 Å². The molecule has 0 spiro atoms. The second kappa shape index (κ2) is 11.2. The predicted octanol–water partition coefficient (Wildman–Crippen LogP) is 3.90. The maximum Gasteiger partial charge on any atom is 0.407 e. The Morgan fingerprint density at radius 2 is 2.05 bits per heavy atom. The lowest BCUT2D eigenvalue weighted by atomic mass is 9.80. The minimum atomic E-state index is -1.32. The number of anilines is 1. The van der Waals surface area contributed by atoms with Crippen molar-refractivity contribution in [2.45, 2.75) is 50.0 Å². The van der Waals surface area contributed by atoms with Gasteiger partial charge < -0.3 is 19.5 Å². The number of hydrogen-bond donors (Lipinski definition) is 1. The van der Waals surface area contributed by atoms with Crippen molar-refractivity contribution in [1.29, 1.82) is 5.26 Å². The summed E-state index contributed by atoms with van der Waals surface area (Å²) in [5.41, 5.74) is 2.75. The summed E-state index contributed by atoms with van der Waals surface area (Å²) < 4.78 is 26.4.